The molecule has 0 radical (unpaired) electrons. The van der Waals surface area contributed by atoms with Gasteiger partial charge < -0.3 is 5.32 Å². The SMILES string of the molecule is CCCCc1ccc(C(NC(=O)c2cccc(CS(C)=O)c2)c2cccs2)cc1. The number of benzene rings is 2. The predicted octanol–water partition coefficient (Wildman–Crippen LogP) is 5.49. The van der Waals surface area contributed by atoms with Crippen LogP contribution in [0.1, 0.15) is 57.7 Å². The molecule has 2 aromatic carbocycles. The van der Waals surface area contributed by atoms with Crippen molar-refractivity contribution in [2.45, 2.75) is 38.0 Å². The molecule has 0 saturated heterocycles. The fraction of sp³-hybridized carbons (Fsp3) is 0.292. The lowest BCUT2D eigenvalue weighted by atomic mass is 10.0. The number of aryl methyl sites for hydroxylation is 1. The molecule has 1 N–H and O–H groups in total. The number of carbonyl (C=O) groups excluding carboxylic acids is 1. The molecule has 2 atom stereocenters. The summed E-state index contributed by atoms with van der Waals surface area (Å²) in [5.41, 5.74) is 3.90. The van der Waals surface area contributed by atoms with Gasteiger partial charge >= 0.3 is 0 Å². The number of amides is 1. The van der Waals surface area contributed by atoms with E-state index in [4.69, 9.17) is 0 Å². The maximum atomic E-state index is 13.0. The Labute approximate surface area is 179 Å². The van der Waals surface area contributed by atoms with Crippen LogP contribution in [0.5, 0.6) is 0 Å². The van der Waals surface area contributed by atoms with Crippen LogP contribution >= 0.6 is 11.3 Å². The lowest BCUT2D eigenvalue weighted by molar-refractivity contribution is 0.0943. The van der Waals surface area contributed by atoms with Gasteiger partial charge in [0, 0.05) is 33.2 Å². The summed E-state index contributed by atoms with van der Waals surface area (Å²) in [6.45, 7) is 2.20. The molecular formula is C24H27NO2S2. The fourth-order valence-corrected chi connectivity index (χ4v) is 4.73. The van der Waals surface area contributed by atoms with Gasteiger partial charge in [0.25, 0.3) is 5.91 Å². The lowest BCUT2D eigenvalue weighted by Crippen LogP contribution is -2.29. The highest BCUT2D eigenvalue weighted by atomic mass is 32.2. The van der Waals surface area contributed by atoms with Gasteiger partial charge in [-0.25, -0.2) is 0 Å². The molecule has 2 unspecified atom stereocenters. The number of nitrogens with one attached hydrogen (secondary N) is 1. The predicted molar refractivity (Wildman–Crippen MR) is 123 cm³/mol. The van der Waals surface area contributed by atoms with E-state index >= 15 is 0 Å². The minimum absolute atomic E-state index is 0.123. The Morgan fingerprint density at radius 2 is 1.86 bits per heavy atom. The number of hydrogen-bond donors (Lipinski definition) is 1. The Hall–Kier alpha value is -2.24. The molecule has 0 aliphatic carbocycles. The summed E-state index contributed by atoms with van der Waals surface area (Å²) in [5.74, 6) is 0.330. The molecule has 1 heterocycles. The van der Waals surface area contributed by atoms with Crippen molar-refractivity contribution in [2.24, 2.45) is 0 Å². The third-order valence-corrected chi connectivity index (χ3v) is 6.47. The number of thiophene rings is 1. The van der Waals surface area contributed by atoms with Crippen molar-refractivity contribution in [3.63, 3.8) is 0 Å². The van der Waals surface area contributed by atoms with Gasteiger partial charge in [0.2, 0.25) is 0 Å². The van der Waals surface area contributed by atoms with E-state index in [0.717, 1.165) is 22.4 Å². The monoisotopic (exact) mass is 425 g/mol. The molecule has 0 fully saturated rings. The Balaban J connectivity index is 1.81. The molecule has 0 aliphatic heterocycles. The van der Waals surface area contributed by atoms with E-state index in [9.17, 15) is 9.00 Å². The average Bonchev–Trinajstić information content (AvgIpc) is 3.25. The summed E-state index contributed by atoms with van der Waals surface area (Å²) in [6, 6.07) is 19.8. The Kier molecular flexibility index (Phi) is 7.78. The Morgan fingerprint density at radius 3 is 2.52 bits per heavy atom. The first-order chi connectivity index (χ1) is 14.1. The van der Waals surface area contributed by atoms with E-state index in [0.29, 0.717) is 11.3 Å². The second-order valence-corrected chi connectivity index (χ2v) is 9.60. The van der Waals surface area contributed by atoms with Crippen LogP contribution in [0.2, 0.25) is 0 Å². The first kappa shape index (κ1) is 21.5. The van der Waals surface area contributed by atoms with Gasteiger partial charge in [0.05, 0.1) is 6.04 Å². The van der Waals surface area contributed by atoms with Crippen LogP contribution in [-0.2, 0) is 23.0 Å². The van der Waals surface area contributed by atoms with Crippen molar-refractivity contribution in [2.75, 3.05) is 6.26 Å². The van der Waals surface area contributed by atoms with Gasteiger partial charge in [-0.05, 0) is 53.1 Å². The largest absolute Gasteiger partial charge is 0.340 e. The van der Waals surface area contributed by atoms with Gasteiger partial charge in [0.1, 0.15) is 0 Å². The summed E-state index contributed by atoms with van der Waals surface area (Å²) in [4.78, 5) is 14.1. The summed E-state index contributed by atoms with van der Waals surface area (Å²) in [5, 5.41) is 5.22. The van der Waals surface area contributed by atoms with E-state index in [1.54, 1.807) is 23.7 Å². The van der Waals surface area contributed by atoms with Crippen molar-refractivity contribution >= 4 is 28.0 Å². The lowest BCUT2D eigenvalue weighted by Gasteiger charge is -2.19. The Bertz CT molecular complexity index is 949. The maximum absolute atomic E-state index is 13.0. The number of unbranched alkanes of at least 4 members (excludes halogenated alkanes) is 1. The first-order valence-corrected chi connectivity index (χ1v) is 12.5. The van der Waals surface area contributed by atoms with E-state index < -0.39 is 10.8 Å². The number of carbonyl (C=O) groups is 1. The number of hydrogen-bond acceptors (Lipinski definition) is 3. The molecular weight excluding hydrogens is 398 g/mol. The van der Waals surface area contributed by atoms with Gasteiger partial charge in [-0.3, -0.25) is 9.00 Å². The summed E-state index contributed by atoms with van der Waals surface area (Å²) in [7, 11) is -0.938. The standard InChI is InChI=1S/C24H27NO2S2/c1-3-4-7-18-11-13-20(14-12-18)23(22-10-6-15-28-22)25-24(26)21-9-5-8-19(16-21)17-29(2)27/h5-6,8-16,23H,3-4,7,17H2,1-2H3,(H,25,26). The van der Waals surface area contributed by atoms with Gasteiger partial charge in [0.15, 0.2) is 0 Å². The van der Waals surface area contributed by atoms with Crippen LogP contribution in [0, 0.1) is 0 Å². The van der Waals surface area contributed by atoms with Crippen LogP contribution in [0.25, 0.3) is 0 Å². The molecule has 3 rings (SSSR count). The minimum Gasteiger partial charge on any atom is -0.340 e. The third-order valence-electron chi connectivity index (χ3n) is 4.79. The molecule has 1 amide bonds. The van der Waals surface area contributed by atoms with Crippen LogP contribution in [0.15, 0.2) is 66.0 Å². The average molecular weight is 426 g/mol. The van der Waals surface area contributed by atoms with Gasteiger partial charge in [-0.15, -0.1) is 11.3 Å². The topological polar surface area (TPSA) is 46.2 Å². The molecule has 1 aromatic heterocycles. The summed E-state index contributed by atoms with van der Waals surface area (Å²) < 4.78 is 11.5. The van der Waals surface area contributed by atoms with E-state index in [1.807, 2.05) is 29.6 Å². The van der Waals surface area contributed by atoms with Crippen LogP contribution in [0.4, 0.5) is 0 Å². The van der Waals surface area contributed by atoms with Gasteiger partial charge in [-0.1, -0.05) is 55.8 Å². The second kappa shape index (κ2) is 10.5. The minimum atomic E-state index is -0.938. The zero-order chi connectivity index (χ0) is 20.6. The number of rotatable bonds is 9. The van der Waals surface area contributed by atoms with Crippen LogP contribution in [0.3, 0.4) is 0 Å². The normalized spacial score (nSPS) is 13.0. The molecule has 0 spiro atoms. The first-order valence-electron chi connectivity index (χ1n) is 9.89. The summed E-state index contributed by atoms with van der Waals surface area (Å²) in [6.07, 6.45) is 5.12. The van der Waals surface area contributed by atoms with Crippen LogP contribution < -0.4 is 5.32 Å². The van der Waals surface area contributed by atoms with E-state index in [2.05, 4.69) is 42.6 Å². The maximum Gasteiger partial charge on any atom is 0.252 e. The summed E-state index contributed by atoms with van der Waals surface area (Å²) >= 11 is 1.64. The van der Waals surface area contributed by atoms with E-state index in [-0.39, 0.29) is 11.9 Å². The molecule has 0 saturated carbocycles. The highest BCUT2D eigenvalue weighted by molar-refractivity contribution is 7.83. The van der Waals surface area contributed by atoms with Crippen LogP contribution in [-0.4, -0.2) is 16.4 Å². The molecule has 3 nitrogen and oxygen atoms in total. The van der Waals surface area contributed by atoms with Crippen molar-refractivity contribution in [3.8, 4) is 0 Å². The van der Waals surface area contributed by atoms with Crippen molar-refractivity contribution in [1.29, 1.82) is 0 Å². The second-order valence-electron chi connectivity index (χ2n) is 7.18. The van der Waals surface area contributed by atoms with Gasteiger partial charge in [-0.2, -0.15) is 0 Å². The highest BCUT2D eigenvalue weighted by Crippen LogP contribution is 2.27. The highest BCUT2D eigenvalue weighted by Gasteiger charge is 2.19. The fourth-order valence-electron chi connectivity index (χ4n) is 3.28. The van der Waals surface area contributed by atoms with Crippen molar-refractivity contribution < 1.29 is 9.00 Å². The molecule has 5 heteroatoms. The molecule has 3 aromatic rings. The third kappa shape index (κ3) is 6.12. The molecule has 29 heavy (non-hydrogen) atoms. The zero-order valence-corrected chi connectivity index (χ0v) is 18.5. The van der Waals surface area contributed by atoms with Crippen molar-refractivity contribution in [3.05, 3.63) is 93.2 Å². The Morgan fingerprint density at radius 1 is 1.07 bits per heavy atom. The molecule has 152 valence electrons. The quantitative estimate of drug-likeness (QED) is 0.493. The van der Waals surface area contributed by atoms with E-state index in [1.165, 1.54) is 18.4 Å². The molecule has 0 bridgehead atoms. The molecule has 0 aliphatic rings. The van der Waals surface area contributed by atoms with Crippen molar-refractivity contribution in [1.82, 2.24) is 5.32 Å². The smallest absolute Gasteiger partial charge is 0.252 e. The zero-order valence-electron chi connectivity index (χ0n) is 16.9.